The Morgan fingerprint density at radius 3 is 2.30 bits per heavy atom. The van der Waals surface area contributed by atoms with Crippen molar-refractivity contribution in [1.82, 2.24) is 4.98 Å². The van der Waals surface area contributed by atoms with E-state index < -0.39 is 11.7 Å². The minimum Gasteiger partial charge on any atom is -0.496 e. The highest BCUT2D eigenvalue weighted by atomic mass is 32.1. The molecule has 0 amide bonds. The van der Waals surface area contributed by atoms with Crippen molar-refractivity contribution in [2.75, 3.05) is 19.5 Å². The number of guanidine groups is 1. The summed E-state index contributed by atoms with van der Waals surface area (Å²) in [5.74, 6) is 1.39. The second kappa shape index (κ2) is 9.04. The van der Waals surface area contributed by atoms with Crippen molar-refractivity contribution in [3.8, 4) is 22.8 Å². The van der Waals surface area contributed by atoms with Crippen LogP contribution in [0, 0.1) is 0 Å². The zero-order valence-electron chi connectivity index (χ0n) is 16.2. The summed E-state index contributed by atoms with van der Waals surface area (Å²) >= 11 is 1.26. The molecule has 2 aromatic carbocycles. The highest BCUT2D eigenvalue weighted by Crippen LogP contribution is 2.32. The van der Waals surface area contributed by atoms with Gasteiger partial charge in [-0.25, -0.2) is 9.98 Å². The van der Waals surface area contributed by atoms with Gasteiger partial charge in [0.2, 0.25) is 0 Å². The number of nitrogens with zero attached hydrogens (tertiary/aromatic N) is 2. The predicted octanol–water partition coefficient (Wildman–Crippen LogP) is 4.77. The average molecular weight is 436 g/mol. The molecule has 0 spiro atoms. The van der Waals surface area contributed by atoms with Gasteiger partial charge < -0.3 is 20.5 Å². The third-order valence-corrected chi connectivity index (χ3v) is 4.94. The molecular formula is C20H19F3N4O2S. The van der Waals surface area contributed by atoms with Crippen LogP contribution in [0.2, 0.25) is 0 Å². The highest BCUT2D eigenvalue weighted by Gasteiger charge is 2.30. The number of rotatable bonds is 6. The lowest BCUT2D eigenvalue weighted by atomic mass is 10.1. The van der Waals surface area contributed by atoms with Gasteiger partial charge >= 0.3 is 6.18 Å². The van der Waals surface area contributed by atoms with Crippen LogP contribution in [-0.4, -0.2) is 25.2 Å². The first-order valence-corrected chi connectivity index (χ1v) is 9.59. The average Bonchev–Trinajstić information content (AvgIpc) is 3.19. The number of halogens is 3. The van der Waals surface area contributed by atoms with Crippen molar-refractivity contribution in [1.29, 1.82) is 0 Å². The summed E-state index contributed by atoms with van der Waals surface area (Å²) < 4.78 is 48.7. The molecule has 6 nitrogen and oxygen atoms in total. The molecule has 0 unspecified atom stereocenters. The van der Waals surface area contributed by atoms with Gasteiger partial charge in [-0.15, -0.1) is 11.3 Å². The van der Waals surface area contributed by atoms with Crippen molar-refractivity contribution in [3.63, 3.8) is 0 Å². The van der Waals surface area contributed by atoms with E-state index >= 15 is 0 Å². The summed E-state index contributed by atoms with van der Waals surface area (Å²) in [5, 5.41) is 5.08. The Hall–Kier alpha value is -3.27. The standard InChI is InChI=1S/C20H19F3N4O2S/c1-28-16-4-3-5-17(29-2)14(16)10-25-18(24)27-19-26-15(11-30-19)12-6-8-13(9-7-12)20(21,22)23/h3-9,11H,10H2,1-2H3,(H3,24,25,26,27). The summed E-state index contributed by atoms with van der Waals surface area (Å²) in [5.41, 5.74) is 7.10. The molecule has 158 valence electrons. The van der Waals surface area contributed by atoms with Gasteiger partial charge in [0.05, 0.1) is 37.6 Å². The second-order valence-corrected chi connectivity index (χ2v) is 6.94. The Balaban J connectivity index is 1.70. The molecule has 0 aliphatic carbocycles. The van der Waals surface area contributed by atoms with E-state index in [0.29, 0.717) is 27.9 Å². The first kappa shape index (κ1) is 21.4. The van der Waals surface area contributed by atoms with Crippen LogP contribution < -0.4 is 20.5 Å². The molecule has 0 bridgehead atoms. The number of hydrogen-bond acceptors (Lipinski definition) is 5. The number of anilines is 1. The maximum atomic E-state index is 12.7. The van der Waals surface area contributed by atoms with Gasteiger partial charge in [0, 0.05) is 10.9 Å². The number of methoxy groups -OCH3 is 2. The Kier molecular flexibility index (Phi) is 6.46. The summed E-state index contributed by atoms with van der Waals surface area (Å²) in [6.07, 6.45) is -4.37. The number of aromatic nitrogens is 1. The first-order chi connectivity index (χ1) is 14.3. The van der Waals surface area contributed by atoms with Crippen molar-refractivity contribution < 1.29 is 22.6 Å². The summed E-state index contributed by atoms with van der Waals surface area (Å²) in [7, 11) is 3.11. The van der Waals surface area contributed by atoms with E-state index in [1.54, 1.807) is 31.7 Å². The molecule has 0 fully saturated rings. The molecule has 0 saturated heterocycles. The largest absolute Gasteiger partial charge is 0.496 e. The SMILES string of the molecule is COc1cccc(OC)c1CN=C(N)Nc1nc(-c2ccc(C(F)(F)F)cc2)cs1. The fraction of sp³-hybridized carbons (Fsp3) is 0.200. The van der Waals surface area contributed by atoms with Gasteiger partial charge in [-0.2, -0.15) is 13.2 Å². The topological polar surface area (TPSA) is 81.8 Å². The molecule has 3 rings (SSSR count). The van der Waals surface area contributed by atoms with Gasteiger partial charge in [-0.05, 0) is 24.3 Å². The number of nitrogens with one attached hydrogen (secondary N) is 1. The fourth-order valence-corrected chi connectivity index (χ4v) is 3.42. The van der Waals surface area contributed by atoms with Crippen LogP contribution in [0.3, 0.4) is 0 Å². The van der Waals surface area contributed by atoms with E-state index in [1.165, 1.54) is 23.5 Å². The highest BCUT2D eigenvalue weighted by molar-refractivity contribution is 7.14. The third kappa shape index (κ3) is 5.01. The molecule has 0 atom stereocenters. The van der Waals surface area contributed by atoms with Crippen molar-refractivity contribution >= 4 is 22.4 Å². The first-order valence-electron chi connectivity index (χ1n) is 8.71. The zero-order valence-corrected chi connectivity index (χ0v) is 17.0. The third-order valence-electron chi connectivity index (χ3n) is 4.18. The molecule has 1 aromatic heterocycles. The Morgan fingerprint density at radius 2 is 1.73 bits per heavy atom. The molecule has 1 heterocycles. The molecule has 3 aromatic rings. The summed E-state index contributed by atoms with van der Waals surface area (Å²) in [6, 6.07) is 10.2. The molecular weight excluding hydrogens is 417 g/mol. The number of hydrogen-bond donors (Lipinski definition) is 2. The number of benzene rings is 2. The number of ether oxygens (including phenoxy) is 2. The number of thiazole rings is 1. The molecule has 3 N–H and O–H groups in total. The van der Waals surface area contributed by atoms with Gasteiger partial charge in [0.1, 0.15) is 11.5 Å². The molecule has 0 aliphatic heterocycles. The normalized spacial score (nSPS) is 12.0. The van der Waals surface area contributed by atoms with E-state index in [0.717, 1.165) is 17.7 Å². The van der Waals surface area contributed by atoms with Crippen LogP contribution in [0.1, 0.15) is 11.1 Å². The van der Waals surface area contributed by atoms with E-state index in [-0.39, 0.29) is 12.5 Å². The quantitative estimate of drug-likeness (QED) is 0.430. The number of nitrogens with two attached hydrogens (primary N) is 1. The van der Waals surface area contributed by atoms with Gasteiger partial charge in [0.25, 0.3) is 0 Å². The van der Waals surface area contributed by atoms with Crippen molar-refractivity contribution in [3.05, 3.63) is 59.0 Å². The van der Waals surface area contributed by atoms with Crippen LogP contribution >= 0.6 is 11.3 Å². The smallest absolute Gasteiger partial charge is 0.416 e. The fourth-order valence-electron chi connectivity index (χ4n) is 2.69. The number of aliphatic imine (C=N–C) groups is 1. The number of alkyl halides is 3. The molecule has 0 saturated carbocycles. The van der Waals surface area contributed by atoms with Crippen molar-refractivity contribution in [2.24, 2.45) is 10.7 Å². The maximum absolute atomic E-state index is 12.7. The Morgan fingerprint density at radius 1 is 1.10 bits per heavy atom. The summed E-state index contributed by atoms with van der Waals surface area (Å²) in [4.78, 5) is 8.64. The van der Waals surface area contributed by atoms with E-state index in [1.807, 2.05) is 6.07 Å². The van der Waals surface area contributed by atoms with Gasteiger partial charge in [-0.1, -0.05) is 18.2 Å². The van der Waals surface area contributed by atoms with Crippen LogP contribution in [0.4, 0.5) is 18.3 Å². The lowest BCUT2D eigenvalue weighted by Crippen LogP contribution is -2.22. The van der Waals surface area contributed by atoms with Gasteiger partial charge in [-0.3, -0.25) is 0 Å². The minimum atomic E-state index is -4.37. The monoisotopic (exact) mass is 436 g/mol. The Labute approximate surface area is 175 Å². The lowest BCUT2D eigenvalue weighted by molar-refractivity contribution is -0.137. The van der Waals surface area contributed by atoms with Crippen LogP contribution in [0.15, 0.2) is 52.8 Å². The van der Waals surface area contributed by atoms with E-state index in [9.17, 15) is 13.2 Å². The zero-order chi connectivity index (χ0) is 21.7. The van der Waals surface area contributed by atoms with Crippen molar-refractivity contribution in [2.45, 2.75) is 12.7 Å². The molecule has 30 heavy (non-hydrogen) atoms. The Bertz CT molecular complexity index is 1010. The maximum Gasteiger partial charge on any atom is 0.416 e. The molecule has 10 heteroatoms. The van der Waals surface area contributed by atoms with Crippen LogP contribution in [0.25, 0.3) is 11.3 Å². The van der Waals surface area contributed by atoms with Crippen LogP contribution in [-0.2, 0) is 12.7 Å². The van der Waals surface area contributed by atoms with Crippen LogP contribution in [0.5, 0.6) is 11.5 Å². The molecule has 0 aliphatic rings. The second-order valence-electron chi connectivity index (χ2n) is 6.08. The lowest BCUT2D eigenvalue weighted by Gasteiger charge is -2.11. The molecule has 0 radical (unpaired) electrons. The summed E-state index contributed by atoms with van der Waals surface area (Å²) in [6.45, 7) is 0.225. The predicted molar refractivity (Wildman–Crippen MR) is 111 cm³/mol. The van der Waals surface area contributed by atoms with E-state index in [4.69, 9.17) is 15.2 Å². The van der Waals surface area contributed by atoms with Gasteiger partial charge in [0.15, 0.2) is 11.1 Å². The van der Waals surface area contributed by atoms with E-state index in [2.05, 4.69) is 15.3 Å². The minimum absolute atomic E-state index is 0.135.